The van der Waals surface area contributed by atoms with Crippen LogP contribution < -0.4 is 0 Å². The van der Waals surface area contributed by atoms with Crippen LogP contribution in [0.15, 0.2) is 73.2 Å². The van der Waals surface area contributed by atoms with E-state index in [9.17, 15) is 0 Å². The van der Waals surface area contributed by atoms with Crippen molar-refractivity contribution < 1.29 is 0 Å². The van der Waals surface area contributed by atoms with Crippen LogP contribution in [0.3, 0.4) is 0 Å². The second kappa shape index (κ2) is 9.73. The van der Waals surface area contributed by atoms with Crippen molar-refractivity contribution in [3.05, 3.63) is 89.2 Å². The van der Waals surface area contributed by atoms with Gasteiger partial charge in [-0.3, -0.25) is 14.8 Å². The van der Waals surface area contributed by atoms with Crippen LogP contribution >= 0.6 is 12.2 Å². The number of fused-ring (bicyclic) bond motifs is 1. The third-order valence-electron chi connectivity index (χ3n) is 6.20. The molecule has 5 rings (SSSR count). The number of benzene rings is 2. The Bertz CT molecular complexity index is 1220. The minimum Gasteiger partial charge on any atom is -0.306 e. The molecule has 1 aliphatic rings. The third kappa shape index (κ3) is 4.80. The SMILES string of the molecule is S=c1n(CCc2ccccn2)cnn1CN1CCN(Cc2cccc3ccccc23)CC1. The lowest BCUT2D eigenvalue weighted by molar-refractivity contribution is 0.0982. The van der Waals surface area contributed by atoms with Crippen LogP contribution in [0.25, 0.3) is 10.8 Å². The van der Waals surface area contributed by atoms with Gasteiger partial charge in [-0.1, -0.05) is 48.5 Å². The van der Waals surface area contributed by atoms with Crippen LogP contribution in [0.1, 0.15) is 11.3 Å². The van der Waals surface area contributed by atoms with Gasteiger partial charge < -0.3 is 4.57 Å². The number of hydrogen-bond donors (Lipinski definition) is 0. The predicted octanol–water partition coefficient (Wildman–Crippen LogP) is 3.98. The number of hydrogen-bond acceptors (Lipinski definition) is 5. The number of aryl methyl sites for hydroxylation is 2. The van der Waals surface area contributed by atoms with E-state index in [0.717, 1.165) is 62.8 Å². The summed E-state index contributed by atoms with van der Waals surface area (Å²) in [6, 6.07) is 21.3. The quantitative estimate of drug-likeness (QED) is 0.404. The average Bonchev–Trinajstić information content (AvgIpc) is 3.19. The molecule has 0 aliphatic carbocycles. The van der Waals surface area contributed by atoms with Gasteiger partial charge in [-0.15, -0.1) is 0 Å². The molecule has 0 unspecified atom stereocenters. The van der Waals surface area contributed by atoms with Crippen LogP contribution in [-0.4, -0.2) is 55.3 Å². The first-order chi connectivity index (χ1) is 15.8. The van der Waals surface area contributed by atoms with Gasteiger partial charge in [0.15, 0.2) is 4.77 Å². The highest BCUT2D eigenvalue weighted by Crippen LogP contribution is 2.20. The average molecular weight is 445 g/mol. The second-order valence-electron chi connectivity index (χ2n) is 8.35. The topological polar surface area (TPSA) is 42.1 Å². The first kappa shape index (κ1) is 21.0. The molecule has 4 aromatic rings. The van der Waals surface area contributed by atoms with E-state index in [-0.39, 0.29) is 0 Å². The van der Waals surface area contributed by atoms with E-state index in [1.54, 1.807) is 0 Å². The van der Waals surface area contributed by atoms with Gasteiger partial charge in [0.05, 0.1) is 6.67 Å². The third-order valence-corrected chi connectivity index (χ3v) is 6.65. The lowest BCUT2D eigenvalue weighted by Gasteiger charge is -2.34. The molecule has 2 aromatic heterocycles. The summed E-state index contributed by atoms with van der Waals surface area (Å²) in [5.41, 5.74) is 2.48. The zero-order valence-corrected chi connectivity index (χ0v) is 19.0. The minimum atomic E-state index is 0.748. The van der Waals surface area contributed by atoms with Crippen molar-refractivity contribution in [2.24, 2.45) is 0 Å². The first-order valence-corrected chi connectivity index (χ1v) is 11.6. The fourth-order valence-corrected chi connectivity index (χ4v) is 4.60. The first-order valence-electron chi connectivity index (χ1n) is 11.2. The van der Waals surface area contributed by atoms with Crippen molar-refractivity contribution in [1.82, 2.24) is 29.1 Å². The number of rotatable bonds is 7. The van der Waals surface area contributed by atoms with E-state index in [2.05, 4.69) is 62.3 Å². The Morgan fingerprint density at radius 2 is 1.62 bits per heavy atom. The van der Waals surface area contributed by atoms with Crippen LogP contribution in [0.5, 0.6) is 0 Å². The van der Waals surface area contributed by atoms with Gasteiger partial charge in [-0.2, -0.15) is 5.10 Å². The lowest BCUT2D eigenvalue weighted by Crippen LogP contribution is -2.46. The highest BCUT2D eigenvalue weighted by Gasteiger charge is 2.18. The van der Waals surface area contributed by atoms with Crippen molar-refractivity contribution in [1.29, 1.82) is 0 Å². The molecule has 1 fully saturated rings. The maximum Gasteiger partial charge on any atom is 0.198 e. The lowest BCUT2D eigenvalue weighted by atomic mass is 10.0. The monoisotopic (exact) mass is 444 g/mol. The van der Waals surface area contributed by atoms with Gasteiger partial charge in [0, 0.05) is 57.6 Å². The Hall–Kier alpha value is -2.87. The van der Waals surface area contributed by atoms with Crippen LogP contribution in [0.2, 0.25) is 0 Å². The minimum absolute atomic E-state index is 0.748. The molecule has 3 heterocycles. The predicted molar refractivity (Wildman–Crippen MR) is 130 cm³/mol. The molecule has 2 aromatic carbocycles. The molecule has 1 aliphatic heterocycles. The number of piperazine rings is 1. The van der Waals surface area contributed by atoms with Crippen molar-refractivity contribution in [3.63, 3.8) is 0 Å². The van der Waals surface area contributed by atoms with Gasteiger partial charge in [0.25, 0.3) is 0 Å². The number of aromatic nitrogens is 4. The maximum atomic E-state index is 5.67. The smallest absolute Gasteiger partial charge is 0.198 e. The summed E-state index contributed by atoms with van der Waals surface area (Å²) in [6.45, 7) is 6.69. The van der Waals surface area contributed by atoms with Gasteiger partial charge >= 0.3 is 0 Å². The molecule has 0 bridgehead atoms. The van der Waals surface area contributed by atoms with E-state index in [4.69, 9.17) is 12.2 Å². The second-order valence-corrected chi connectivity index (χ2v) is 8.72. The zero-order valence-electron chi connectivity index (χ0n) is 18.2. The summed E-state index contributed by atoms with van der Waals surface area (Å²) in [5.74, 6) is 0. The summed E-state index contributed by atoms with van der Waals surface area (Å²) >= 11 is 5.67. The van der Waals surface area contributed by atoms with Crippen LogP contribution in [-0.2, 0) is 26.2 Å². The van der Waals surface area contributed by atoms with E-state index in [1.807, 2.05) is 40.0 Å². The molecule has 32 heavy (non-hydrogen) atoms. The summed E-state index contributed by atoms with van der Waals surface area (Å²) < 4.78 is 4.76. The van der Waals surface area contributed by atoms with Gasteiger partial charge in [-0.25, -0.2) is 4.68 Å². The Morgan fingerprint density at radius 3 is 2.47 bits per heavy atom. The van der Waals surface area contributed by atoms with Gasteiger partial charge in [-0.05, 0) is 40.7 Å². The standard InChI is InChI=1S/C25H28N6S/c32-25-30(13-11-23-9-3-4-12-26-23)19-27-31(25)20-29-16-14-28(15-17-29)18-22-8-5-7-21-6-1-2-10-24(21)22/h1-10,12,19H,11,13-18,20H2. The van der Waals surface area contributed by atoms with Crippen molar-refractivity contribution >= 4 is 23.0 Å². The summed E-state index contributed by atoms with van der Waals surface area (Å²) in [6.07, 6.45) is 4.54. The van der Waals surface area contributed by atoms with Crippen molar-refractivity contribution in [3.8, 4) is 0 Å². The molecule has 0 radical (unpaired) electrons. The zero-order chi connectivity index (χ0) is 21.8. The van der Waals surface area contributed by atoms with Crippen molar-refractivity contribution in [2.75, 3.05) is 26.2 Å². The normalized spacial score (nSPS) is 15.4. The van der Waals surface area contributed by atoms with E-state index in [0.29, 0.717) is 0 Å². The van der Waals surface area contributed by atoms with E-state index < -0.39 is 0 Å². The molecule has 164 valence electrons. The van der Waals surface area contributed by atoms with Crippen molar-refractivity contribution in [2.45, 2.75) is 26.2 Å². The largest absolute Gasteiger partial charge is 0.306 e. The summed E-state index contributed by atoms with van der Waals surface area (Å²) in [5, 5.41) is 7.22. The maximum absolute atomic E-state index is 5.67. The molecule has 0 atom stereocenters. The highest BCUT2D eigenvalue weighted by atomic mass is 32.1. The molecule has 0 saturated carbocycles. The van der Waals surface area contributed by atoms with E-state index >= 15 is 0 Å². The number of pyridine rings is 1. The highest BCUT2D eigenvalue weighted by molar-refractivity contribution is 7.71. The Balaban J connectivity index is 1.15. The fraction of sp³-hybridized carbons (Fsp3) is 0.320. The Morgan fingerprint density at radius 1 is 0.844 bits per heavy atom. The molecular weight excluding hydrogens is 416 g/mol. The number of nitrogens with zero attached hydrogens (tertiary/aromatic N) is 6. The summed E-state index contributed by atoms with van der Waals surface area (Å²) in [4.78, 5) is 9.37. The van der Waals surface area contributed by atoms with Crippen LogP contribution in [0, 0.1) is 4.77 Å². The van der Waals surface area contributed by atoms with Gasteiger partial charge in [0.1, 0.15) is 6.33 Å². The molecule has 0 amide bonds. The molecule has 1 saturated heterocycles. The fourth-order valence-electron chi connectivity index (χ4n) is 4.35. The van der Waals surface area contributed by atoms with E-state index in [1.165, 1.54) is 16.3 Å². The molecular formula is C25H28N6S. The molecule has 0 N–H and O–H groups in total. The molecule has 0 spiro atoms. The Kier molecular flexibility index (Phi) is 6.39. The molecule has 6 nitrogen and oxygen atoms in total. The summed E-state index contributed by atoms with van der Waals surface area (Å²) in [7, 11) is 0. The Labute approximate surface area is 193 Å². The van der Waals surface area contributed by atoms with Crippen LogP contribution in [0.4, 0.5) is 0 Å². The molecule has 7 heteroatoms. The van der Waals surface area contributed by atoms with Gasteiger partial charge in [0.2, 0.25) is 0 Å².